The number of alkyl halides is 9. The Kier molecular flexibility index (Phi) is 5.60. The number of halogens is 10. The molecular weight excluding hydrogens is 445 g/mol. The van der Waals surface area contributed by atoms with Crippen molar-refractivity contribution in [2.24, 2.45) is 0 Å². The fraction of sp³-hybridized carbons (Fsp3) is 0.333. The van der Waals surface area contributed by atoms with E-state index in [2.05, 4.69) is 4.98 Å². The fourth-order valence-corrected chi connectivity index (χ4v) is 2.74. The van der Waals surface area contributed by atoms with Gasteiger partial charge in [0.1, 0.15) is 11.5 Å². The summed E-state index contributed by atoms with van der Waals surface area (Å²) in [7, 11) is 0. The van der Waals surface area contributed by atoms with Crippen molar-refractivity contribution in [2.45, 2.75) is 32.0 Å². The van der Waals surface area contributed by atoms with Crippen molar-refractivity contribution >= 4 is 17.3 Å². The predicted octanol–water partition coefficient (Wildman–Crippen LogP) is 5.22. The van der Waals surface area contributed by atoms with Crippen molar-refractivity contribution in [2.75, 3.05) is 5.73 Å². The molecule has 29 heavy (non-hydrogen) atoms. The van der Waals surface area contributed by atoms with Crippen molar-refractivity contribution < 1.29 is 39.5 Å². The zero-order chi connectivity index (χ0) is 22.5. The van der Waals surface area contributed by atoms with Crippen molar-refractivity contribution in [1.82, 2.24) is 9.55 Å². The van der Waals surface area contributed by atoms with Crippen molar-refractivity contribution in [1.29, 1.82) is 0 Å². The first-order valence-electron chi connectivity index (χ1n) is 7.46. The molecule has 2 N–H and O–H groups in total. The Morgan fingerprint density at radius 1 is 1.00 bits per heavy atom. The summed E-state index contributed by atoms with van der Waals surface area (Å²) in [6.45, 7) is 0.739. The normalized spacial score (nSPS) is 13.1. The monoisotopic (exact) mass is 453 g/mol. The van der Waals surface area contributed by atoms with Crippen LogP contribution in [-0.2, 0) is 25.1 Å². The van der Waals surface area contributed by atoms with E-state index >= 15 is 0 Å². The Balaban J connectivity index is 3.05. The number of anilines is 1. The lowest BCUT2D eigenvalue weighted by atomic mass is 10.0. The minimum absolute atomic E-state index is 0.0852. The molecule has 0 aliphatic heterocycles. The number of nitrogens with two attached hydrogens (primary N) is 1. The highest BCUT2D eigenvalue weighted by Gasteiger charge is 2.41. The predicted molar refractivity (Wildman–Crippen MR) is 84.0 cm³/mol. The molecule has 0 amide bonds. The molecule has 1 heterocycles. The number of aromatic nitrogens is 2. The molecule has 0 saturated heterocycles. The van der Waals surface area contributed by atoms with Gasteiger partial charge in [0, 0.05) is 12.1 Å². The molecule has 2 rings (SSSR count). The van der Waals surface area contributed by atoms with Gasteiger partial charge < -0.3 is 5.73 Å². The molecular formula is C15H9ClF9N3O. The maximum absolute atomic E-state index is 13.2. The molecule has 4 nitrogen and oxygen atoms in total. The first kappa shape index (κ1) is 22.8. The van der Waals surface area contributed by atoms with E-state index in [1.165, 1.54) is 6.92 Å². The van der Waals surface area contributed by atoms with Crippen LogP contribution in [0.25, 0.3) is 11.4 Å². The highest BCUT2D eigenvalue weighted by Crippen LogP contribution is 2.44. The fourth-order valence-electron chi connectivity index (χ4n) is 2.44. The third kappa shape index (κ3) is 4.28. The molecule has 1 aromatic heterocycles. The van der Waals surface area contributed by atoms with Crippen LogP contribution in [0.15, 0.2) is 16.9 Å². The van der Waals surface area contributed by atoms with E-state index in [9.17, 15) is 44.3 Å². The molecule has 0 unspecified atom stereocenters. The lowest BCUT2D eigenvalue weighted by molar-refractivity contribution is -0.143. The minimum Gasteiger partial charge on any atom is -0.392 e. The number of nitrogens with zero attached hydrogens (tertiary/aromatic N) is 2. The van der Waals surface area contributed by atoms with Crippen molar-refractivity contribution in [3.8, 4) is 11.4 Å². The topological polar surface area (TPSA) is 60.9 Å². The molecule has 1 aromatic carbocycles. The smallest absolute Gasteiger partial charge is 0.392 e. The number of benzene rings is 1. The molecule has 0 saturated carbocycles. The molecule has 0 aliphatic carbocycles. The van der Waals surface area contributed by atoms with Crippen molar-refractivity contribution in [3.05, 3.63) is 44.3 Å². The molecule has 0 radical (unpaired) electrons. The maximum Gasteiger partial charge on any atom is 0.435 e. The van der Waals surface area contributed by atoms with Gasteiger partial charge in [-0.2, -0.15) is 39.5 Å². The van der Waals surface area contributed by atoms with Crippen molar-refractivity contribution in [3.63, 3.8) is 0 Å². The van der Waals surface area contributed by atoms with E-state index in [-0.39, 0.29) is 12.1 Å². The average Bonchev–Trinajstić information content (AvgIpc) is 2.54. The van der Waals surface area contributed by atoms with Gasteiger partial charge >= 0.3 is 18.5 Å². The van der Waals surface area contributed by atoms with E-state index in [4.69, 9.17) is 17.3 Å². The first-order valence-corrected chi connectivity index (χ1v) is 7.83. The number of nitrogen functional groups attached to an aromatic ring is 1. The summed E-state index contributed by atoms with van der Waals surface area (Å²) in [5.41, 5.74) is -4.64. The van der Waals surface area contributed by atoms with Crippen LogP contribution in [0.3, 0.4) is 0 Å². The van der Waals surface area contributed by atoms with Crippen LogP contribution in [0.4, 0.5) is 45.2 Å². The van der Waals surface area contributed by atoms with Gasteiger partial charge in [0.05, 0.1) is 16.1 Å². The average molecular weight is 454 g/mol. The highest BCUT2D eigenvalue weighted by atomic mass is 35.5. The second-order valence-corrected chi connectivity index (χ2v) is 6.00. The van der Waals surface area contributed by atoms with E-state index in [1.807, 2.05) is 0 Å². The molecule has 14 heteroatoms. The van der Waals surface area contributed by atoms with Crippen LogP contribution in [0.2, 0.25) is 5.02 Å². The molecule has 0 aliphatic rings. The van der Waals surface area contributed by atoms with Gasteiger partial charge in [-0.3, -0.25) is 9.36 Å². The Morgan fingerprint density at radius 3 is 1.97 bits per heavy atom. The van der Waals surface area contributed by atoms with E-state index in [1.54, 1.807) is 0 Å². The third-order valence-electron chi connectivity index (χ3n) is 3.74. The Bertz CT molecular complexity index is 1010. The quantitative estimate of drug-likeness (QED) is 0.634. The molecule has 160 valence electrons. The van der Waals surface area contributed by atoms with Gasteiger partial charge in [-0.15, -0.1) is 0 Å². The third-order valence-corrected chi connectivity index (χ3v) is 4.14. The van der Waals surface area contributed by atoms with E-state index in [0.29, 0.717) is 4.57 Å². The van der Waals surface area contributed by atoms with E-state index < -0.39 is 69.6 Å². The lowest BCUT2D eigenvalue weighted by Gasteiger charge is -2.20. The number of hydrogen-bond donors (Lipinski definition) is 1. The van der Waals surface area contributed by atoms with Crippen LogP contribution in [0.1, 0.15) is 23.7 Å². The minimum atomic E-state index is -5.37. The SMILES string of the molecule is CCn1c(-c2cc(C(F)(F)F)cc(C(F)(F)F)c2Cl)nc(C(F)(F)F)c(N)c1=O. The van der Waals surface area contributed by atoms with Gasteiger partial charge in [0.2, 0.25) is 0 Å². The highest BCUT2D eigenvalue weighted by molar-refractivity contribution is 6.34. The van der Waals surface area contributed by atoms with Gasteiger partial charge in [0.25, 0.3) is 5.56 Å². The molecule has 2 aromatic rings. The Labute approximate surface area is 160 Å². The van der Waals surface area contributed by atoms with Crippen LogP contribution >= 0.6 is 11.6 Å². The van der Waals surface area contributed by atoms with Crippen LogP contribution < -0.4 is 11.3 Å². The molecule has 0 spiro atoms. The molecule has 0 atom stereocenters. The van der Waals surface area contributed by atoms with Gasteiger partial charge in [-0.05, 0) is 19.1 Å². The zero-order valence-electron chi connectivity index (χ0n) is 14.0. The number of hydrogen-bond acceptors (Lipinski definition) is 3. The summed E-state index contributed by atoms with van der Waals surface area (Å²) in [5.74, 6) is -1.14. The van der Waals surface area contributed by atoms with Gasteiger partial charge in [0.15, 0.2) is 5.69 Å². The standard InChI is InChI=1S/C15H9ClF9N3O/c1-2-28-11(27-10(15(23,24)25)9(26)12(28)29)6-3-5(13(17,18)19)4-7(8(6)16)14(20,21)22/h3-4H,2,26H2,1H3. The maximum atomic E-state index is 13.2. The lowest BCUT2D eigenvalue weighted by Crippen LogP contribution is -2.30. The van der Waals surface area contributed by atoms with Gasteiger partial charge in [-0.25, -0.2) is 4.98 Å². The summed E-state index contributed by atoms with van der Waals surface area (Å²) in [5, 5.41) is -1.35. The van der Waals surface area contributed by atoms with Crippen LogP contribution in [0.5, 0.6) is 0 Å². The second-order valence-electron chi connectivity index (χ2n) is 5.63. The summed E-state index contributed by atoms with van der Waals surface area (Å²) in [6.07, 6.45) is -16.0. The molecule has 0 fully saturated rings. The van der Waals surface area contributed by atoms with E-state index in [0.717, 1.165) is 0 Å². The zero-order valence-corrected chi connectivity index (χ0v) is 14.8. The van der Waals surface area contributed by atoms with Gasteiger partial charge in [-0.1, -0.05) is 11.6 Å². The number of rotatable bonds is 2. The summed E-state index contributed by atoms with van der Waals surface area (Å²) in [4.78, 5) is 15.2. The Hall–Kier alpha value is -2.44. The largest absolute Gasteiger partial charge is 0.435 e. The summed E-state index contributed by atoms with van der Waals surface area (Å²) < 4.78 is 118. The van der Waals surface area contributed by atoms with Crippen LogP contribution in [-0.4, -0.2) is 9.55 Å². The summed E-state index contributed by atoms with van der Waals surface area (Å²) >= 11 is 5.58. The Morgan fingerprint density at radius 2 is 1.55 bits per heavy atom. The first-order chi connectivity index (χ1) is 13.0. The van der Waals surface area contributed by atoms with Crippen LogP contribution in [0, 0.1) is 0 Å². The second kappa shape index (κ2) is 7.11. The summed E-state index contributed by atoms with van der Waals surface area (Å²) in [6, 6.07) is -0.204. The molecule has 0 bridgehead atoms.